The Labute approximate surface area is 170 Å². The van der Waals surface area contributed by atoms with Crippen molar-refractivity contribution >= 4 is 16.3 Å². The molecule has 2 nitrogen and oxygen atoms in total. The van der Waals surface area contributed by atoms with Crippen molar-refractivity contribution in [3.05, 3.63) is 65.3 Å². The molecule has 2 aromatic rings. The van der Waals surface area contributed by atoms with Crippen LogP contribution < -0.4 is 0 Å². The third-order valence-corrected chi connectivity index (χ3v) is 6.25. The Morgan fingerprint density at radius 2 is 1.73 bits per heavy atom. The predicted octanol–water partition coefficient (Wildman–Crippen LogP) is 5.18. The van der Waals surface area contributed by atoms with Gasteiger partial charge in [-0.05, 0) is 0 Å². The number of fused-ring (bicyclic) bond motifs is 1. The first kappa shape index (κ1) is 19.6. The fraction of sp³-hybridized carbons (Fsp3) is 0.391. The first-order chi connectivity index (χ1) is 12.3. The molecule has 3 rings (SSSR count). The van der Waals surface area contributed by atoms with Crippen molar-refractivity contribution in [2.75, 3.05) is 20.6 Å². The zero-order valence-electron chi connectivity index (χ0n) is 16.6. The summed E-state index contributed by atoms with van der Waals surface area (Å²) in [4.78, 5) is 2.24. The number of benzene rings is 2. The molecule has 0 saturated heterocycles. The molecule has 135 valence electrons. The molecule has 0 radical (unpaired) electrons. The van der Waals surface area contributed by atoms with Crippen molar-refractivity contribution in [3.8, 4) is 0 Å². The second kappa shape index (κ2) is 7.82. The number of rotatable bonds is 5. The molecule has 2 aromatic carbocycles. The minimum atomic E-state index is 0.145. The molecule has 0 heterocycles. The molecule has 0 amide bonds. The van der Waals surface area contributed by atoms with Crippen LogP contribution in [0.25, 0.3) is 16.3 Å². The second-order valence-corrected chi connectivity index (χ2v) is 9.30. The van der Waals surface area contributed by atoms with Gasteiger partial charge in [-0.15, -0.1) is 0 Å². The van der Waals surface area contributed by atoms with E-state index in [-0.39, 0.29) is 5.54 Å². The zero-order chi connectivity index (χ0) is 18.9. The van der Waals surface area contributed by atoms with Gasteiger partial charge in [-0.3, -0.25) is 0 Å². The number of hydrogen-bond acceptors (Lipinski definition) is 2. The van der Waals surface area contributed by atoms with Crippen molar-refractivity contribution < 1.29 is 20.7 Å². The Kier molecular flexibility index (Phi) is 5.89. The fourth-order valence-corrected chi connectivity index (χ4v) is 3.70. The minimum absolute atomic E-state index is 0.145. The van der Waals surface area contributed by atoms with E-state index in [1.54, 1.807) is 0 Å². The van der Waals surface area contributed by atoms with Gasteiger partial charge in [0.25, 0.3) is 0 Å². The van der Waals surface area contributed by atoms with Crippen LogP contribution in [0.5, 0.6) is 0 Å². The van der Waals surface area contributed by atoms with Crippen LogP contribution >= 0.6 is 0 Å². The summed E-state index contributed by atoms with van der Waals surface area (Å²) in [5.41, 5.74) is 5.88. The van der Waals surface area contributed by atoms with Gasteiger partial charge in [-0.2, -0.15) is 0 Å². The van der Waals surface area contributed by atoms with Gasteiger partial charge < -0.3 is 0 Å². The number of likely N-dealkylation sites (N-methyl/N-ethyl adjacent to an activating group) is 1. The van der Waals surface area contributed by atoms with Gasteiger partial charge in [0.05, 0.1) is 0 Å². The maximum atomic E-state index is 2.45. The van der Waals surface area contributed by atoms with E-state index in [2.05, 4.69) is 112 Å². The molecular formula is C23H29N2Ti. The molecular weight excluding hydrogens is 352 g/mol. The van der Waals surface area contributed by atoms with E-state index >= 15 is 0 Å². The van der Waals surface area contributed by atoms with Crippen molar-refractivity contribution in [2.45, 2.75) is 39.3 Å². The molecule has 0 atom stereocenters. The quantitative estimate of drug-likeness (QED) is 0.659. The van der Waals surface area contributed by atoms with Gasteiger partial charge in [0.2, 0.25) is 0 Å². The molecule has 0 fully saturated rings. The normalized spacial score (nSPS) is 15.0. The van der Waals surface area contributed by atoms with Gasteiger partial charge in [0.1, 0.15) is 0 Å². The van der Waals surface area contributed by atoms with Gasteiger partial charge in [0.15, 0.2) is 0 Å². The van der Waals surface area contributed by atoms with Gasteiger partial charge in [0, 0.05) is 0 Å². The summed E-state index contributed by atoms with van der Waals surface area (Å²) in [5.74, 6) is 0. The van der Waals surface area contributed by atoms with E-state index < -0.39 is 0 Å². The number of allylic oxidation sites excluding steroid dienone is 2. The molecule has 0 saturated carbocycles. The summed E-state index contributed by atoms with van der Waals surface area (Å²) in [5, 5.41) is 2.71. The van der Waals surface area contributed by atoms with Crippen LogP contribution in [-0.2, 0) is 27.2 Å². The van der Waals surface area contributed by atoms with Crippen LogP contribution in [0.2, 0.25) is 0 Å². The molecule has 0 unspecified atom stereocenters. The van der Waals surface area contributed by atoms with E-state index in [0.717, 1.165) is 19.5 Å². The Balaban J connectivity index is 2.04. The first-order valence-electron chi connectivity index (χ1n) is 9.30. The molecule has 26 heavy (non-hydrogen) atoms. The summed E-state index contributed by atoms with van der Waals surface area (Å²) in [6.07, 6.45) is 5.81. The van der Waals surface area contributed by atoms with Crippen molar-refractivity contribution in [3.63, 3.8) is 0 Å². The standard InChI is InChI=1S/C23H29N2.Ti/c1-23(2,3)24-15-22-20-9-7-6-8-18(20)12-13-21(22)19-11-10-17(14-19)16-25(4)5;/h6-10,12-14H,11,15-16H2,1-5H3;/q-1;+1. The Hall–Kier alpha value is -1.19. The topological polar surface area (TPSA) is 6.48 Å². The summed E-state index contributed by atoms with van der Waals surface area (Å²) in [6.45, 7) is 8.81. The molecule has 0 N–H and O–H groups in total. The van der Waals surface area contributed by atoms with E-state index in [0.29, 0.717) is 0 Å². The van der Waals surface area contributed by atoms with Gasteiger partial charge in [-0.25, -0.2) is 0 Å². The number of nitrogens with zero attached hydrogens (tertiary/aromatic N) is 2. The van der Waals surface area contributed by atoms with E-state index in [9.17, 15) is 0 Å². The third kappa shape index (κ3) is 4.38. The molecule has 3 heteroatoms. The monoisotopic (exact) mass is 381 g/mol. The van der Waals surface area contributed by atoms with E-state index in [1.807, 2.05) is 0 Å². The summed E-state index contributed by atoms with van der Waals surface area (Å²) >= 11 is 2.23. The first-order valence-corrected chi connectivity index (χ1v) is 10.00. The molecule has 0 aliphatic heterocycles. The predicted molar refractivity (Wildman–Crippen MR) is 108 cm³/mol. The Morgan fingerprint density at radius 3 is 2.42 bits per heavy atom. The Morgan fingerprint density at radius 1 is 1.00 bits per heavy atom. The second-order valence-electron chi connectivity index (χ2n) is 8.46. The summed E-state index contributed by atoms with van der Waals surface area (Å²) in [6, 6.07) is 13.4. The molecule has 0 aromatic heterocycles. The third-order valence-electron chi connectivity index (χ3n) is 4.96. The summed E-state index contributed by atoms with van der Waals surface area (Å²) in [7, 11) is 4.26. The van der Waals surface area contributed by atoms with Crippen molar-refractivity contribution in [1.29, 1.82) is 0 Å². The molecule has 1 aliphatic carbocycles. The molecule has 0 bridgehead atoms. The van der Waals surface area contributed by atoms with E-state index in [4.69, 9.17) is 0 Å². The zero-order valence-corrected chi connectivity index (χ0v) is 18.2. The van der Waals surface area contributed by atoms with Crippen LogP contribution in [0.15, 0.2) is 54.1 Å². The SMILES string of the molecule is CN(C)CC1=CCC(c2ccc3ccccc3c2C[N]([Ti])C(C)(C)C)=C1. The average molecular weight is 381 g/mol. The Bertz CT molecular complexity index is 856. The van der Waals surface area contributed by atoms with Crippen LogP contribution in [0, 0.1) is 0 Å². The fourth-order valence-electron chi connectivity index (χ4n) is 3.45. The summed E-state index contributed by atoms with van der Waals surface area (Å²) < 4.78 is 2.45. The van der Waals surface area contributed by atoms with Crippen LogP contribution in [-0.4, -0.2) is 34.5 Å². The number of hydrogen-bond donors (Lipinski definition) is 0. The molecule has 1 aliphatic rings. The van der Waals surface area contributed by atoms with Crippen LogP contribution in [0.1, 0.15) is 38.3 Å². The van der Waals surface area contributed by atoms with Crippen LogP contribution in [0.3, 0.4) is 0 Å². The van der Waals surface area contributed by atoms with Crippen LogP contribution in [0.4, 0.5) is 0 Å². The molecule has 0 spiro atoms. The average Bonchev–Trinajstić information content (AvgIpc) is 3.01. The maximum absolute atomic E-state index is 2.45. The van der Waals surface area contributed by atoms with Gasteiger partial charge in [-0.1, -0.05) is 0 Å². The van der Waals surface area contributed by atoms with Crippen molar-refractivity contribution in [2.24, 2.45) is 0 Å². The van der Waals surface area contributed by atoms with E-state index in [1.165, 1.54) is 33.0 Å². The van der Waals surface area contributed by atoms with Gasteiger partial charge >= 0.3 is 170 Å². The van der Waals surface area contributed by atoms with Crippen molar-refractivity contribution in [1.82, 2.24) is 8.28 Å².